The van der Waals surface area contributed by atoms with Crippen molar-refractivity contribution in [2.24, 2.45) is 5.14 Å². The van der Waals surface area contributed by atoms with Crippen LogP contribution in [0, 0.1) is 0 Å². The summed E-state index contributed by atoms with van der Waals surface area (Å²) >= 11 is 0. The molecule has 2 aromatic rings. The van der Waals surface area contributed by atoms with Gasteiger partial charge in [0.1, 0.15) is 0 Å². The van der Waals surface area contributed by atoms with Crippen LogP contribution in [0.4, 0.5) is 5.69 Å². The minimum Gasteiger partial charge on any atom is -0.322 e. The number of carbonyl (C=O) groups is 1. The lowest BCUT2D eigenvalue weighted by atomic mass is 10.0. The highest BCUT2D eigenvalue weighted by atomic mass is 32.2. The van der Waals surface area contributed by atoms with Crippen LogP contribution in [0.25, 0.3) is 0 Å². The summed E-state index contributed by atoms with van der Waals surface area (Å²) in [6.45, 7) is 2.50. The van der Waals surface area contributed by atoms with Gasteiger partial charge in [-0.05, 0) is 67.8 Å². The molecule has 1 saturated heterocycles. The molecule has 1 aliphatic rings. The molecule has 162 valence electrons. The maximum Gasteiger partial charge on any atom is 0.255 e. The van der Waals surface area contributed by atoms with Crippen LogP contribution in [0.3, 0.4) is 0 Å². The third kappa shape index (κ3) is 4.89. The number of nitrogens with zero attached hydrogens (tertiary/aromatic N) is 1. The summed E-state index contributed by atoms with van der Waals surface area (Å²) < 4.78 is 50.2. The van der Waals surface area contributed by atoms with Crippen LogP contribution in [-0.2, 0) is 20.0 Å². The molecule has 1 atom stereocenters. The summed E-state index contributed by atoms with van der Waals surface area (Å²) in [5.41, 5.74) is 0.679. The molecule has 30 heavy (non-hydrogen) atoms. The Kier molecular flexibility index (Phi) is 6.61. The van der Waals surface area contributed by atoms with Gasteiger partial charge in [-0.1, -0.05) is 13.3 Å². The van der Waals surface area contributed by atoms with Crippen LogP contribution >= 0.6 is 0 Å². The van der Waals surface area contributed by atoms with Crippen LogP contribution in [0.5, 0.6) is 0 Å². The number of nitrogens with two attached hydrogens (primary N) is 1. The van der Waals surface area contributed by atoms with Crippen molar-refractivity contribution in [1.82, 2.24) is 4.31 Å². The van der Waals surface area contributed by atoms with Crippen LogP contribution in [-0.4, -0.2) is 39.6 Å². The van der Waals surface area contributed by atoms with E-state index in [9.17, 15) is 21.6 Å². The Hall–Kier alpha value is -2.27. The van der Waals surface area contributed by atoms with Gasteiger partial charge in [-0.2, -0.15) is 4.31 Å². The zero-order valence-corrected chi connectivity index (χ0v) is 18.2. The molecule has 3 rings (SSSR count). The number of sulfonamides is 2. The fourth-order valence-electron chi connectivity index (χ4n) is 3.54. The van der Waals surface area contributed by atoms with Crippen molar-refractivity contribution in [3.63, 3.8) is 0 Å². The van der Waals surface area contributed by atoms with E-state index >= 15 is 0 Å². The normalized spacial score (nSPS) is 18.1. The molecule has 10 heteroatoms. The Labute approximate surface area is 177 Å². The van der Waals surface area contributed by atoms with Gasteiger partial charge in [-0.25, -0.2) is 22.0 Å². The molecule has 8 nitrogen and oxygen atoms in total. The van der Waals surface area contributed by atoms with Gasteiger partial charge in [0.05, 0.1) is 9.79 Å². The van der Waals surface area contributed by atoms with Gasteiger partial charge in [0.2, 0.25) is 20.0 Å². The van der Waals surface area contributed by atoms with E-state index in [0.717, 1.165) is 25.7 Å². The lowest BCUT2D eigenvalue weighted by molar-refractivity contribution is 0.102. The van der Waals surface area contributed by atoms with Crippen molar-refractivity contribution in [2.75, 3.05) is 11.9 Å². The van der Waals surface area contributed by atoms with Gasteiger partial charge in [0.25, 0.3) is 5.91 Å². The van der Waals surface area contributed by atoms with Crippen molar-refractivity contribution in [3.8, 4) is 0 Å². The van der Waals surface area contributed by atoms with Crippen LogP contribution in [0.1, 0.15) is 43.0 Å². The van der Waals surface area contributed by atoms with E-state index in [0.29, 0.717) is 12.2 Å². The molecule has 1 aliphatic heterocycles. The van der Waals surface area contributed by atoms with Crippen molar-refractivity contribution < 1.29 is 21.6 Å². The summed E-state index contributed by atoms with van der Waals surface area (Å²) in [4.78, 5) is 12.5. The Morgan fingerprint density at radius 2 is 1.60 bits per heavy atom. The molecule has 0 spiro atoms. The second-order valence-electron chi connectivity index (χ2n) is 7.22. The first-order chi connectivity index (χ1) is 14.1. The van der Waals surface area contributed by atoms with E-state index in [1.54, 1.807) is 4.31 Å². The van der Waals surface area contributed by atoms with E-state index in [1.807, 2.05) is 6.92 Å². The summed E-state index contributed by atoms with van der Waals surface area (Å²) in [6, 6.07) is 11.3. The number of amides is 1. The number of hydrogen-bond acceptors (Lipinski definition) is 5. The smallest absolute Gasteiger partial charge is 0.255 e. The minimum absolute atomic E-state index is 0.00651. The predicted octanol–water partition coefficient (Wildman–Crippen LogP) is 2.54. The third-order valence-electron chi connectivity index (χ3n) is 5.21. The highest BCUT2D eigenvalue weighted by Gasteiger charge is 2.32. The summed E-state index contributed by atoms with van der Waals surface area (Å²) in [5, 5.41) is 7.69. The van der Waals surface area contributed by atoms with Gasteiger partial charge < -0.3 is 5.32 Å². The van der Waals surface area contributed by atoms with E-state index in [-0.39, 0.29) is 21.4 Å². The lowest BCUT2D eigenvalue weighted by Gasteiger charge is -2.34. The Bertz CT molecular complexity index is 1110. The second kappa shape index (κ2) is 8.84. The van der Waals surface area contributed by atoms with E-state index in [4.69, 9.17) is 5.14 Å². The quantitative estimate of drug-likeness (QED) is 0.698. The van der Waals surface area contributed by atoms with Gasteiger partial charge >= 0.3 is 0 Å². The van der Waals surface area contributed by atoms with Crippen molar-refractivity contribution in [3.05, 3.63) is 54.1 Å². The molecule has 1 amide bonds. The topological polar surface area (TPSA) is 127 Å². The maximum absolute atomic E-state index is 13.0. The van der Waals surface area contributed by atoms with Crippen LogP contribution in [0.2, 0.25) is 0 Å². The molecule has 0 aliphatic carbocycles. The number of primary sulfonamides is 1. The Morgan fingerprint density at radius 3 is 2.17 bits per heavy atom. The monoisotopic (exact) mass is 451 g/mol. The summed E-state index contributed by atoms with van der Waals surface area (Å²) in [7, 11) is -7.42. The van der Waals surface area contributed by atoms with Crippen molar-refractivity contribution >= 4 is 31.6 Å². The number of piperidine rings is 1. The molecular formula is C20H25N3O5S2. The average Bonchev–Trinajstić information content (AvgIpc) is 2.73. The van der Waals surface area contributed by atoms with E-state index in [2.05, 4.69) is 5.32 Å². The molecule has 1 fully saturated rings. The molecular weight excluding hydrogens is 426 g/mol. The third-order valence-corrected chi connectivity index (χ3v) is 8.10. The SMILES string of the molecule is CCC1CCCCN1S(=O)(=O)c1ccc(C(=O)Nc2ccc(S(N)(=O)=O)cc2)cc1. The number of carbonyl (C=O) groups excluding carboxylic acids is 1. The van der Waals surface area contributed by atoms with Crippen LogP contribution in [0.15, 0.2) is 58.3 Å². The zero-order chi connectivity index (χ0) is 21.9. The lowest BCUT2D eigenvalue weighted by Crippen LogP contribution is -2.43. The zero-order valence-electron chi connectivity index (χ0n) is 16.6. The highest BCUT2D eigenvalue weighted by molar-refractivity contribution is 7.89. The standard InChI is InChI=1S/C20H25N3O5S2/c1-2-17-5-3-4-14-23(17)30(27,28)19-10-6-15(7-11-19)20(24)22-16-8-12-18(13-9-16)29(21,25)26/h6-13,17H,2-5,14H2,1H3,(H,22,24)(H2,21,25,26). The van der Waals surface area contributed by atoms with Gasteiger partial charge in [0, 0.05) is 23.8 Å². The predicted molar refractivity (Wildman–Crippen MR) is 114 cm³/mol. The molecule has 1 heterocycles. The number of hydrogen-bond donors (Lipinski definition) is 2. The highest BCUT2D eigenvalue weighted by Crippen LogP contribution is 2.27. The van der Waals surface area contributed by atoms with Crippen molar-refractivity contribution in [1.29, 1.82) is 0 Å². The largest absolute Gasteiger partial charge is 0.322 e. The maximum atomic E-state index is 13.0. The molecule has 2 aromatic carbocycles. The summed E-state index contributed by atoms with van der Waals surface area (Å²) in [5.74, 6) is -0.438. The molecule has 0 radical (unpaired) electrons. The number of nitrogens with one attached hydrogen (secondary N) is 1. The molecule has 0 aromatic heterocycles. The first kappa shape index (κ1) is 22.4. The fourth-order valence-corrected chi connectivity index (χ4v) is 5.83. The van der Waals surface area contributed by atoms with E-state index in [1.165, 1.54) is 48.5 Å². The summed E-state index contributed by atoms with van der Waals surface area (Å²) in [6.07, 6.45) is 3.51. The minimum atomic E-state index is -3.81. The van der Waals surface area contributed by atoms with E-state index < -0.39 is 26.0 Å². The fraction of sp³-hybridized carbons (Fsp3) is 0.350. The Morgan fingerprint density at radius 1 is 1.00 bits per heavy atom. The molecule has 0 saturated carbocycles. The Balaban J connectivity index is 1.74. The van der Waals surface area contributed by atoms with Crippen LogP contribution < -0.4 is 10.5 Å². The van der Waals surface area contributed by atoms with Gasteiger partial charge in [-0.3, -0.25) is 4.79 Å². The first-order valence-electron chi connectivity index (χ1n) is 9.69. The number of anilines is 1. The molecule has 0 bridgehead atoms. The first-order valence-corrected chi connectivity index (χ1v) is 12.7. The molecule has 3 N–H and O–H groups in total. The number of benzene rings is 2. The molecule has 1 unspecified atom stereocenters. The number of rotatable bonds is 6. The van der Waals surface area contributed by atoms with Gasteiger partial charge in [0.15, 0.2) is 0 Å². The van der Waals surface area contributed by atoms with Gasteiger partial charge in [-0.15, -0.1) is 0 Å². The average molecular weight is 452 g/mol. The van der Waals surface area contributed by atoms with Crippen molar-refractivity contribution in [2.45, 2.75) is 48.4 Å². The second-order valence-corrected chi connectivity index (χ2v) is 10.7.